The highest BCUT2D eigenvalue weighted by molar-refractivity contribution is 5.90. The second-order valence-electron chi connectivity index (χ2n) is 5.59. The van der Waals surface area contributed by atoms with Crippen molar-refractivity contribution in [3.05, 3.63) is 0 Å². The van der Waals surface area contributed by atoms with E-state index in [0.29, 0.717) is 25.4 Å². The number of carbonyl (C=O) groups excluding carboxylic acids is 2. The van der Waals surface area contributed by atoms with E-state index < -0.39 is 0 Å². The van der Waals surface area contributed by atoms with E-state index >= 15 is 0 Å². The quantitative estimate of drug-likeness (QED) is 0.507. The van der Waals surface area contributed by atoms with Crippen LogP contribution in [0.25, 0.3) is 0 Å². The van der Waals surface area contributed by atoms with Gasteiger partial charge in [-0.05, 0) is 19.3 Å². The van der Waals surface area contributed by atoms with E-state index in [-0.39, 0.29) is 17.9 Å². The Bertz CT molecular complexity index is 312. The van der Waals surface area contributed by atoms with Gasteiger partial charge >= 0.3 is 0 Å². The van der Waals surface area contributed by atoms with Crippen LogP contribution in [-0.4, -0.2) is 37.0 Å². The summed E-state index contributed by atoms with van der Waals surface area (Å²) in [7, 11) is 0. The third kappa shape index (κ3) is 4.82. The van der Waals surface area contributed by atoms with E-state index in [0.717, 1.165) is 6.54 Å². The molecule has 0 aromatic rings. The van der Waals surface area contributed by atoms with Crippen LogP contribution in [0.5, 0.6) is 0 Å². The van der Waals surface area contributed by atoms with Gasteiger partial charge < -0.3 is 16.0 Å². The van der Waals surface area contributed by atoms with E-state index in [1.807, 2.05) is 0 Å². The molecule has 1 atom stereocenters. The minimum Gasteiger partial charge on any atom is -0.353 e. The van der Waals surface area contributed by atoms with Gasteiger partial charge in [0.05, 0.1) is 0 Å². The molecule has 0 aromatic heterocycles. The molecule has 0 radical (unpaired) electrons. The minimum atomic E-state index is -0.314. The maximum Gasteiger partial charge on any atom is 0.242 e. The maximum atomic E-state index is 11.7. The van der Waals surface area contributed by atoms with E-state index in [2.05, 4.69) is 16.0 Å². The van der Waals surface area contributed by atoms with Crippen LogP contribution in [0.3, 0.4) is 0 Å². The molecular weight excluding hydrogens is 242 g/mol. The zero-order chi connectivity index (χ0) is 13.5. The molecule has 1 heterocycles. The fraction of sp³-hybridized carbons (Fsp3) is 0.857. The summed E-state index contributed by atoms with van der Waals surface area (Å²) in [4.78, 5) is 22.8. The molecule has 5 heteroatoms. The molecule has 1 aliphatic heterocycles. The fourth-order valence-corrected chi connectivity index (χ4v) is 2.88. The van der Waals surface area contributed by atoms with Crippen molar-refractivity contribution < 1.29 is 9.59 Å². The van der Waals surface area contributed by atoms with Crippen molar-refractivity contribution in [3.63, 3.8) is 0 Å². The third-order valence-corrected chi connectivity index (χ3v) is 4.02. The van der Waals surface area contributed by atoms with Crippen LogP contribution >= 0.6 is 0 Å². The standard InChI is InChI=1S/C14H25N3O2/c18-13-8-7-12(17-13)14(19)16-10-9-15-11-5-3-1-2-4-6-11/h11-12,15H,1-10H2,(H,16,19)(H,17,18). The van der Waals surface area contributed by atoms with E-state index in [1.165, 1.54) is 38.5 Å². The van der Waals surface area contributed by atoms with Crippen LogP contribution in [-0.2, 0) is 9.59 Å². The minimum absolute atomic E-state index is 0.0169. The molecule has 0 bridgehead atoms. The SMILES string of the molecule is O=C1CCC(C(=O)NCCNC2CCCCCC2)N1. The molecule has 1 saturated heterocycles. The Morgan fingerprint density at radius 3 is 2.47 bits per heavy atom. The Morgan fingerprint density at radius 1 is 1.11 bits per heavy atom. The normalized spacial score (nSPS) is 24.8. The van der Waals surface area contributed by atoms with Crippen molar-refractivity contribution in [2.75, 3.05) is 13.1 Å². The highest BCUT2D eigenvalue weighted by Gasteiger charge is 2.26. The maximum absolute atomic E-state index is 11.7. The highest BCUT2D eigenvalue weighted by atomic mass is 16.2. The fourth-order valence-electron chi connectivity index (χ4n) is 2.88. The van der Waals surface area contributed by atoms with E-state index in [1.54, 1.807) is 0 Å². The van der Waals surface area contributed by atoms with Crippen LogP contribution in [0.1, 0.15) is 51.4 Å². The van der Waals surface area contributed by atoms with Crippen molar-refractivity contribution in [1.82, 2.24) is 16.0 Å². The highest BCUT2D eigenvalue weighted by Crippen LogP contribution is 2.16. The van der Waals surface area contributed by atoms with Gasteiger partial charge in [-0.15, -0.1) is 0 Å². The van der Waals surface area contributed by atoms with Gasteiger partial charge in [-0.25, -0.2) is 0 Å². The third-order valence-electron chi connectivity index (χ3n) is 4.02. The molecule has 2 aliphatic rings. The molecule has 3 N–H and O–H groups in total. The zero-order valence-corrected chi connectivity index (χ0v) is 11.5. The van der Waals surface area contributed by atoms with Gasteiger partial charge in [0.15, 0.2) is 0 Å². The van der Waals surface area contributed by atoms with Gasteiger partial charge in [0.2, 0.25) is 11.8 Å². The number of nitrogens with one attached hydrogen (secondary N) is 3. The molecular formula is C14H25N3O2. The summed E-state index contributed by atoms with van der Waals surface area (Å²) >= 11 is 0. The molecule has 2 rings (SSSR count). The van der Waals surface area contributed by atoms with Gasteiger partial charge in [-0.2, -0.15) is 0 Å². The first-order valence-corrected chi connectivity index (χ1v) is 7.56. The molecule has 108 valence electrons. The first kappa shape index (κ1) is 14.3. The number of rotatable bonds is 5. The van der Waals surface area contributed by atoms with Crippen LogP contribution in [0.15, 0.2) is 0 Å². The molecule has 1 aliphatic carbocycles. The summed E-state index contributed by atoms with van der Waals surface area (Å²) < 4.78 is 0. The first-order valence-electron chi connectivity index (χ1n) is 7.56. The summed E-state index contributed by atoms with van der Waals surface area (Å²) in [6.45, 7) is 1.46. The smallest absolute Gasteiger partial charge is 0.242 e. The predicted molar refractivity (Wildman–Crippen MR) is 73.7 cm³/mol. The number of hydrogen-bond donors (Lipinski definition) is 3. The van der Waals surface area contributed by atoms with Crippen molar-refractivity contribution in [2.24, 2.45) is 0 Å². The predicted octanol–water partition coefficient (Wildman–Crippen LogP) is 0.694. The van der Waals surface area contributed by atoms with Crippen molar-refractivity contribution >= 4 is 11.8 Å². The summed E-state index contributed by atoms with van der Waals surface area (Å²) in [5, 5.41) is 9.08. The largest absolute Gasteiger partial charge is 0.353 e. The summed E-state index contributed by atoms with van der Waals surface area (Å²) in [5.74, 6) is -0.0646. The van der Waals surface area contributed by atoms with E-state index in [4.69, 9.17) is 0 Å². The van der Waals surface area contributed by atoms with Gasteiger partial charge in [-0.3, -0.25) is 9.59 Å². The molecule has 2 amide bonds. The molecule has 0 aromatic carbocycles. The topological polar surface area (TPSA) is 70.2 Å². The van der Waals surface area contributed by atoms with Crippen LogP contribution in [0, 0.1) is 0 Å². The average Bonchev–Trinajstić information content (AvgIpc) is 2.68. The zero-order valence-electron chi connectivity index (χ0n) is 11.5. The molecule has 1 saturated carbocycles. The van der Waals surface area contributed by atoms with Crippen LogP contribution < -0.4 is 16.0 Å². The lowest BCUT2D eigenvalue weighted by Gasteiger charge is -2.17. The molecule has 5 nitrogen and oxygen atoms in total. The number of hydrogen-bond acceptors (Lipinski definition) is 3. The van der Waals surface area contributed by atoms with Crippen LogP contribution in [0.4, 0.5) is 0 Å². The second kappa shape index (κ2) is 7.48. The van der Waals surface area contributed by atoms with Gasteiger partial charge in [0, 0.05) is 25.6 Å². The van der Waals surface area contributed by atoms with Crippen molar-refractivity contribution in [1.29, 1.82) is 0 Å². The molecule has 0 spiro atoms. The summed E-state index contributed by atoms with van der Waals surface area (Å²) in [6, 6.07) is 0.302. The second-order valence-corrected chi connectivity index (χ2v) is 5.59. The van der Waals surface area contributed by atoms with Gasteiger partial charge in [0.25, 0.3) is 0 Å². The summed E-state index contributed by atoms with van der Waals surface area (Å²) in [6.07, 6.45) is 8.96. The Labute approximate surface area is 114 Å². The van der Waals surface area contributed by atoms with Gasteiger partial charge in [-0.1, -0.05) is 25.7 Å². The Morgan fingerprint density at radius 2 is 1.84 bits per heavy atom. The lowest BCUT2D eigenvalue weighted by atomic mass is 10.1. The Kier molecular flexibility index (Phi) is 5.63. The average molecular weight is 267 g/mol. The summed E-state index contributed by atoms with van der Waals surface area (Å²) in [5.41, 5.74) is 0. The monoisotopic (exact) mass is 267 g/mol. The molecule has 1 unspecified atom stereocenters. The number of amides is 2. The van der Waals surface area contributed by atoms with E-state index in [9.17, 15) is 9.59 Å². The van der Waals surface area contributed by atoms with Crippen molar-refractivity contribution in [2.45, 2.75) is 63.5 Å². The van der Waals surface area contributed by atoms with Crippen molar-refractivity contribution in [3.8, 4) is 0 Å². The lowest BCUT2D eigenvalue weighted by molar-refractivity contribution is -0.125. The number of carbonyl (C=O) groups is 2. The Balaban J connectivity index is 1.56. The van der Waals surface area contributed by atoms with Gasteiger partial charge in [0.1, 0.15) is 6.04 Å². The Hall–Kier alpha value is -1.10. The first-order chi connectivity index (χ1) is 9.25. The molecule has 2 fully saturated rings. The van der Waals surface area contributed by atoms with Crippen LogP contribution in [0.2, 0.25) is 0 Å². The lowest BCUT2D eigenvalue weighted by Crippen LogP contribution is -2.44. The molecule has 19 heavy (non-hydrogen) atoms.